The van der Waals surface area contributed by atoms with Crippen LogP contribution in [-0.4, -0.2) is 16.3 Å². The van der Waals surface area contributed by atoms with E-state index in [4.69, 9.17) is 0 Å². The standard InChI is InChI=1S/C15H21N3/c1-5-16-10-13-7-6-8-14(9-13)15-11(2)17-18(4)12(15)3/h6-9,16H,5,10H2,1-4H3. The Hall–Kier alpha value is -1.61. The number of aromatic nitrogens is 2. The van der Waals surface area contributed by atoms with Gasteiger partial charge in [-0.05, 0) is 37.6 Å². The molecule has 1 aromatic carbocycles. The average Bonchev–Trinajstić information content (AvgIpc) is 2.61. The Bertz CT molecular complexity index is 541. The fourth-order valence-corrected chi connectivity index (χ4v) is 2.30. The van der Waals surface area contributed by atoms with E-state index < -0.39 is 0 Å². The average molecular weight is 243 g/mol. The third kappa shape index (κ3) is 2.46. The van der Waals surface area contributed by atoms with Crippen molar-refractivity contribution in [1.29, 1.82) is 0 Å². The summed E-state index contributed by atoms with van der Waals surface area (Å²) in [6.45, 7) is 8.22. The van der Waals surface area contributed by atoms with Crippen molar-refractivity contribution in [3.8, 4) is 11.1 Å². The number of nitrogens with zero attached hydrogens (tertiary/aromatic N) is 2. The summed E-state index contributed by atoms with van der Waals surface area (Å²) in [6.07, 6.45) is 0. The monoisotopic (exact) mass is 243 g/mol. The Morgan fingerprint density at radius 3 is 2.67 bits per heavy atom. The molecular formula is C15H21N3. The first-order chi connectivity index (χ1) is 8.63. The molecule has 3 nitrogen and oxygen atoms in total. The summed E-state index contributed by atoms with van der Waals surface area (Å²) < 4.78 is 1.95. The first-order valence-corrected chi connectivity index (χ1v) is 6.43. The van der Waals surface area contributed by atoms with Crippen LogP contribution in [0.3, 0.4) is 0 Å². The van der Waals surface area contributed by atoms with Crippen molar-refractivity contribution in [2.75, 3.05) is 6.54 Å². The summed E-state index contributed by atoms with van der Waals surface area (Å²) in [5.74, 6) is 0. The second-order valence-electron chi connectivity index (χ2n) is 4.65. The van der Waals surface area contributed by atoms with Gasteiger partial charge in [-0.1, -0.05) is 25.1 Å². The van der Waals surface area contributed by atoms with Crippen LogP contribution in [0, 0.1) is 13.8 Å². The van der Waals surface area contributed by atoms with Crippen molar-refractivity contribution < 1.29 is 0 Å². The Labute approximate surface area is 109 Å². The summed E-state index contributed by atoms with van der Waals surface area (Å²) in [7, 11) is 1.99. The van der Waals surface area contributed by atoms with E-state index in [1.807, 2.05) is 11.7 Å². The Balaban J connectivity index is 2.38. The van der Waals surface area contributed by atoms with E-state index in [2.05, 4.69) is 55.5 Å². The number of nitrogens with one attached hydrogen (secondary N) is 1. The van der Waals surface area contributed by atoms with Gasteiger partial charge in [-0.25, -0.2) is 0 Å². The quantitative estimate of drug-likeness (QED) is 0.895. The number of hydrogen-bond acceptors (Lipinski definition) is 2. The smallest absolute Gasteiger partial charge is 0.0674 e. The third-order valence-electron chi connectivity index (χ3n) is 3.30. The highest BCUT2D eigenvalue weighted by atomic mass is 15.3. The van der Waals surface area contributed by atoms with Gasteiger partial charge in [-0.3, -0.25) is 4.68 Å². The summed E-state index contributed by atoms with van der Waals surface area (Å²) in [5, 5.41) is 7.84. The highest BCUT2D eigenvalue weighted by molar-refractivity contribution is 5.69. The lowest BCUT2D eigenvalue weighted by molar-refractivity contribution is 0.727. The zero-order chi connectivity index (χ0) is 13.1. The van der Waals surface area contributed by atoms with Gasteiger partial charge in [-0.15, -0.1) is 0 Å². The first-order valence-electron chi connectivity index (χ1n) is 6.43. The van der Waals surface area contributed by atoms with E-state index in [1.165, 1.54) is 22.4 Å². The third-order valence-corrected chi connectivity index (χ3v) is 3.30. The summed E-state index contributed by atoms with van der Waals surface area (Å²) >= 11 is 0. The van der Waals surface area contributed by atoms with E-state index >= 15 is 0 Å². The fraction of sp³-hybridized carbons (Fsp3) is 0.400. The van der Waals surface area contributed by atoms with Crippen LogP contribution < -0.4 is 5.32 Å². The molecule has 0 saturated heterocycles. The maximum absolute atomic E-state index is 4.48. The lowest BCUT2D eigenvalue weighted by atomic mass is 10.0. The molecule has 0 atom stereocenters. The van der Waals surface area contributed by atoms with Gasteiger partial charge >= 0.3 is 0 Å². The first kappa shape index (κ1) is 12.8. The van der Waals surface area contributed by atoms with Crippen LogP contribution in [0.15, 0.2) is 24.3 Å². The second-order valence-corrected chi connectivity index (χ2v) is 4.65. The second kappa shape index (κ2) is 5.36. The predicted octanol–water partition coefficient (Wildman–Crippen LogP) is 2.81. The van der Waals surface area contributed by atoms with E-state index in [0.29, 0.717) is 0 Å². The van der Waals surface area contributed by atoms with Gasteiger partial charge in [0, 0.05) is 24.8 Å². The lowest BCUT2D eigenvalue weighted by Gasteiger charge is -2.06. The van der Waals surface area contributed by atoms with Crippen LogP contribution in [-0.2, 0) is 13.6 Å². The van der Waals surface area contributed by atoms with Crippen LogP contribution >= 0.6 is 0 Å². The maximum atomic E-state index is 4.48. The minimum Gasteiger partial charge on any atom is -0.313 e. The van der Waals surface area contributed by atoms with E-state index in [9.17, 15) is 0 Å². The van der Waals surface area contributed by atoms with Crippen LogP contribution in [0.4, 0.5) is 0 Å². The van der Waals surface area contributed by atoms with Gasteiger partial charge in [0.05, 0.1) is 5.69 Å². The minimum absolute atomic E-state index is 0.919. The summed E-state index contributed by atoms with van der Waals surface area (Å²) in [5.41, 5.74) is 6.14. The highest BCUT2D eigenvalue weighted by Gasteiger charge is 2.11. The molecule has 0 unspecified atom stereocenters. The molecule has 0 saturated carbocycles. The molecule has 18 heavy (non-hydrogen) atoms. The van der Waals surface area contributed by atoms with Crippen LogP contribution in [0.2, 0.25) is 0 Å². The molecule has 2 aromatic rings. The molecule has 1 heterocycles. The maximum Gasteiger partial charge on any atom is 0.0674 e. The topological polar surface area (TPSA) is 29.9 Å². The molecule has 0 amide bonds. The molecule has 0 bridgehead atoms. The van der Waals surface area contributed by atoms with Gasteiger partial charge in [0.2, 0.25) is 0 Å². The molecule has 1 aromatic heterocycles. The van der Waals surface area contributed by atoms with Gasteiger partial charge in [0.25, 0.3) is 0 Å². The largest absolute Gasteiger partial charge is 0.313 e. The van der Waals surface area contributed by atoms with Crippen molar-refractivity contribution in [3.63, 3.8) is 0 Å². The molecule has 0 aliphatic rings. The minimum atomic E-state index is 0.919. The molecule has 0 fully saturated rings. The van der Waals surface area contributed by atoms with Crippen molar-refractivity contribution in [2.45, 2.75) is 27.3 Å². The van der Waals surface area contributed by atoms with Gasteiger partial charge < -0.3 is 5.32 Å². The van der Waals surface area contributed by atoms with E-state index in [-0.39, 0.29) is 0 Å². The van der Waals surface area contributed by atoms with Crippen molar-refractivity contribution in [1.82, 2.24) is 15.1 Å². The normalized spacial score (nSPS) is 10.9. The predicted molar refractivity (Wildman–Crippen MR) is 75.5 cm³/mol. The lowest BCUT2D eigenvalue weighted by Crippen LogP contribution is -2.11. The Morgan fingerprint density at radius 1 is 1.28 bits per heavy atom. The van der Waals surface area contributed by atoms with Crippen LogP contribution in [0.1, 0.15) is 23.9 Å². The number of hydrogen-bond donors (Lipinski definition) is 1. The van der Waals surface area contributed by atoms with Crippen molar-refractivity contribution >= 4 is 0 Å². The van der Waals surface area contributed by atoms with Gasteiger partial charge in [0.1, 0.15) is 0 Å². The molecule has 2 rings (SSSR count). The van der Waals surface area contributed by atoms with Crippen LogP contribution in [0.25, 0.3) is 11.1 Å². The molecule has 0 radical (unpaired) electrons. The molecule has 0 aliphatic carbocycles. The molecule has 0 aliphatic heterocycles. The SMILES string of the molecule is CCNCc1cccc(-c2c(C)nn(C)c2C)c1. The highest BCUT2D eigenvalue weighted by Crippen LogP contribution is 2.27. The number of benzene rings is 1. The van der Waals surface area contributed by atoms with Crippen LogP contribution in [0.5, 0.6) is 0 Å². The molecule has 3 heteroatoms. The van der Waals surface area contributed by atoms with E-state index in [1.54, 1.807) is 0 Å². The Kier molecular flexibility index (Phi) is 3.82. The summed E-state index contributed by atoms with van der Waals surface area (Å²) in [6, 6.07) is 8.69. The van der Waals surface area contributed by atoms with Crippen molar-refractivity contribution in [2.24, 2.45) is 7.05 Å². The zero-order valence-electron chi connectivity index (χ0n) is 11.6. The molecule has 96 valence electrons. The molecule has 1 N–H and O–H groups in total. The van der Waals surface area contributed by atoms with E-state index in [0.717, 1.165) is 18.8 Å². The Morgan fingerprint density at radius 2 is 2.06 bits per heavy atom. The van der Waals surface area contributed by atoms with Gasteiger partial charge in [0.15, 0.2) is 0 Å². The molecule has 0 spiro atoms. The number of rotatable bonds is 4. The van der Waals surface area contributed by atoms with Crippen molar-refractivity contribution in [3.05, 3.63) is 41.2 Å². The molecular weight excluding hydrogens is 222 g/mol. The fourth-order valence-electron chi connectivity index (χ4n) is 2.30. The summed E-state index contributed by atoms with van der Waals surface area (Å²) in [4.78, 5) is 0. The zero-order valence-corrected chi connectivity index (χ0v) is 11.6. The number of aryl methyl sites for hydroxylation is 2. The van der Waals surface area contributed by atoms with Gasteiger partial charge in [-0.2, -0.15) is 5.10 Å².